The van der Waals surface area contributed by atoms with Crippen molar-refractivity contribution in [3.05, 3.63) is 94.6 Å². The molecule has 1 aliphatic rings. The van der Waals surface area contributed by atoms with Crippen LogP contribution in [0.2, 0.25) is 10.0 Å². The Morgan fingerprint density at radius 3 is 2.31 bits per heavy atom. The second-order valence-electron chi connectivity index (χ2n) is 7.97. The van der Waals surface area contributed by atoms with E-state index in [4.69, 9.17) is 28.2 Å². The first-order valence-electron chi connectivity index (χ1n) is 10.6. The van der Waals surface area contributed by atoms with Crippen LogP contribution in [0.3, 0.4) is 0 Å². The molecule has 4 aromatic rings. The fourth-order valence-corrected chi connectivity index (χ4v) is 4.06. The van der Waals surface area contributed by atoms with Crippen LogP contribution in [-0.2, 0) is 0 Å². The number of amides is 1. The molecule has 0 bridgehead atoms. The highest BCUT2D eigenvalue weighted by atomic mass is 35.5. The minimum atomic E-state index is -0.184. The summed E-state index contributed by atoms with van der Waals surface area (Å²) >= 11 is 12.5. The monoisotopic (exact) mass is 461 g/mol. The number of benzene rings is 3. The summed E-state index contributed by atoms with van der Waals surface area (Å²) in [6.07, 6.45) is 2.33. The van der Waals surface area contributed by atoms with Gasteiger partial charge in [-0.15, -0.1) is 0 Å². The van der Waals surface area contributed by atoms with Gasteiger partial charge in [0.2, 0.25) is 0 Å². The van der Waals surface area contributed by atoms with Gasteiger partial charge in [0.1, 0.15) is 5.82 Å². The van der Waals surface area contributed by atoms with Gasteiger partial charge in [0.05, 0.1) is 5.69 Å². The third-order valence-corrected chi connectivity index (χ3v) is 6.04. The zero-order valence-corrected chi connectivity index (χ0v) is 18.8. The van der Waals surface area contributed by atoms with Crippen LogP contribution in [-0.4, -0.2) is 22.0 Å². The summed E-state index contributed by atoms with van der Waals surface area (Å²) in [4.78, 5) is 18.2. The van der Waals surface area contributed by atoms with Crippen LogP contribution in [0.15, 0.2) is 78.9 Å². The van der Waals surface area contributed by atoms with E-state index in [9.17, 15) is 4.79 Å². The number of nitrogens with zero attached hydrogens (tertiary/aromatic N) is 2. The molecular formula is C26H21Cl2N3O. The summed E-state index contributed by atoms with van der Waals surface area (Å²) < 4.78 is 2.00. The van der Waals surface area contributed by atoms with E-state index in [1.807, 2.05) is 83.4 Å². The van der Waals surface area contributed by atoms with Crippen LogP contribution in [0.25, 0.3) is 28.3 Å². The molecule has 1 fully saturated rings. The topological polar surface area (TPSA) is 46.9 Å². The number of carbonyl (C=O) groups excluding carboxylic acids is 1. The maximum Gasteiger partial charge on any atom is 0.272 e. The van der Waals surface area contributed by atoms with Gasteiger partial charge in [-0.1, -0.05) is 65.7 Å². The van der Waals surface area contributed by atoms with Crippen molar-refractivity contribution >= 4 is 29.1 Å². The molecule has 0 saturated heterocycles. The minimum absolute atomic E-state index is 0.184. The maximum absolute atomic E-state index is 13.3. The van der Waals surface area contributed by atoms with E-state index in [2.05, 4.69) is 5.32 Å². The van der Waals surface area contributed by atoms with Crippen LogP contribution in [0, 0.1) is 5.92 Å². The molecule has 160 valence electrons. The molecule has 1 aliphatic carbocycles. The van der Waals surface area contributed by atoms with E-state index in [1.54, 1.807) is 0 Å². The summed E-state index contributed by atoms with van der Waals surface area (Å²) in [6.45, 7) is 0.669. The molecule has 6 heteroatoms. The zero-order valence-electron chi connectivity index (χ0n) is 17.3. The Hall–Kier alpha value is -3.08. The molecule has 1 saturated carbocycles. The predicted octanol–water partition coefficient (Wildman–Crippen LogP) is 6.65. The number of aromatic nitrogens is 2. The highest BCUT2D eigenvalue weighted by molar-refractivity contribution is 6.31. The molecule has 0 radical (unpaired) electrons. The third kappa shape index (κ3) is 4.29. The van der Waals surface area contributed by atoms with Crippen molar-refractivity contribution in [2.75, 3.05) is 6.54 Å². The molecule has 1 heterocycles. The van der Waals surface area contributed by atoms with Crippen molar-refractivity contribution in [1.29, 1.82) is 0 Å². The third-order valence-electron chi connectivity index (χ3n) is 5.56. The Bertz CT molecular complexity index is 1260. The summed E-state index contributed by atoms with van der Waals surface area (Å²) in [5.74, 6) is 1.07. The Morgan fingerprint density at radius 1 is 0.906 bits per heavy atom. The highest BCUT2D eigenvalue weighted by Gasteiger charge is 2.27. The lowest BCUT2D eigenvalue weighted by Crippen LogP contribution is -2.26. The quantitative estimate of drug-likeness (QED) is 0.349. The van der Waals surface area contributed by atoms with E-state index in [1.165, 1.54) is 0 Å². The van der Waals surface area contributed by atoms with Crippen LogP contribution in [0.4, 0.5) is 0 Å². The smallest absolute Gasteiger partial charge is 0.272 e. The largest absolute Gasteiger partial charge is 0.350 e. The van der Waals surface area contributed by atoms with Crippen molar-refractivity contribution in [3.63, 3.8) is 0 Å². The molecule has 32 heavy (non-hydrogen) atoms. The Kier molecular flexibility index (Phi) is 5.73. The SMILES string of the molecule is O=C(NCC1CC1)c1nc(-c2ccccc2)n(-c2ccc(Cl)cc2)c1-c1cccc(Cl)c1. The number of nitrogens with one attached hydrogen (secondary N) is 1. The van der Waals surface area contributed by atoms with Crippen molar-refractivity contribution < 1.29 is 4.79 Å². The molecular weight excluding hydrogens is 441 g/mol. The lowest BCUT2D eigenvalue weighted by atomic mass is 10.1. The van der Waals surface area contributed by atoms with Crippen molar-refractivity contribution in [2.24, 2.45) is 5.92 Å². The van der Waals surface area contributed by atoms with Gasteiger partial charge in [-0.25, -0.2) is 4.98 Å². The molecule has 1 amide bonds. The summed E-state index contributed by atoms with van der Waals surface area (Å²) in [5, 5.41) is 4.30. The Morgan fingerprint density at radius 2 is 1.62 bits per heavy atom. The maximum atomic E-state index is 13.3. The molecule has 0 atom stereocenters. The lowest BCUT2D eigenvalue weighted by Gasteiger charge is -2.14. The fourth-order valence-electron chi connectivity index (χ4n) is 3.75. The van der Waals surface area contributed by atoms with Crippen LogP contribution in [0.1, 0.15) is 23.3 Å². The number of hydrogen-bond donors (Lipinski definition) is 1. The molecule has 3 aromatic carbocycles. The summed E-state index contributed by atoms with van der Waals surface area (Å²) in [5.41, 5.74) is 3.66. The van der Waals surface area contributed by atoms with Crippen LogP contribution in [0.5, 0.6) is 0 Å². The first-order valence-corrected chi connectivity index (χ1v) is 11.3. The van der Waals surface area contributed by atoms with Crippen LogP contribution < -0.4 is 5.32 Å². The van der Waals surface area contributed by atoms with E-state index < -0.39 is 0 Å². The number of hydrogen-bond acceptors (Lipinski definition) is 2. The van der Waals surface area contributed by atoms with E-state index in [0.29, 0.717) is 39.7 Å². The molecule has 1 N–H and O–H groups in total. The number of rotatable bonds is 6. The van der Waals surface area contributed by atoms with E-state index >= 15 is 0 Å². The Balaban J connectivity index is 1.75. The predicted molar refractivity (Wildman–Crippen MR) is 130 cm³/mol. The minimum Gasteiger partial charge on any atom is -0.350 e. The summed E-state index contributed by atoms with van der Waals surface area (Å²) in [7, 11) is 0. The molecule has 5 rings (SSSR count). The molecule has 0 unspecified atom stereocenters. The molecule has 0 spiro atoms. The Labute approximate surface area is 196 Å². The van der Waals surface area contributed by atoms with Gasteiger partial charge >= 0.3 is 0 Å². The first kappa shape index (κ1) is 20.8. The van der Waals surface area contributed by atoms with Crippen molar-refractivity contribution in [3.8, 4) is 28.3 Å². The van der Waals surface area contributed by atoms with Crippen LogP contribution >= 0.6 is 23.2 Å². The first-order chi connectivity index (χ1) is 15.6. The van der Waals surface area contributed by atoms with Gasteiger partial charge in [-0.05, 0) is 55.2 Å². The summed E-state index contributed by atoms with van der Waals surface area (Å²) in [6, 6.07) is 24.9. The second-order valence-corrected chi connectivity index (χ2v) is 8.85. The molecule has 4 nitrogen and oxygen atoms in total. The van der Waals surface area contributed by atoms with Gasteiger partial charge in [0.25, 0.3) is 5.91 Å². The zero-order chi connectivity index (χ0) is 22.1. The van der Waals surface area contributed by atoms with Gasteiger partial charge in [0.15, 0.2) is 5.69 Å². The molecule has 0 aliphatic heterocycles. The van der Waals surface area contributed by atoms with E-state index in [0.717, 1.165) is 29.7 Å². The average Bonchev–Trinajstić information content (AvgIpc) is 3.56. The number of carbonyl (C=O) groups is 1. The number of imidazole rings is 1. The van der Waals surface area contributed by atoms with E-state index in [-0.39, 0.29) is 5.91 Å². The van der Waals surface area contributed by atoms with Crippen molar-refractivity contribution in [2.45, 2.75) is 12.8 Å². The normalized spacial score (nSPS) is 13.2. The lowest BCUT2D eigenvalue weighted by molar-refractivity contribution is 0.0948. The van der Waals surface area contributed by atoms with Gasteiger partial charge in [-0.2, -0.15) is 0 Å². The standard InChI is InChI=1S/C26H21Cl2N3O/c27-20-11-13-22(14-12-20)31-24(19-7-4-8-21(28)15-19)23(26(32)29-16-17-9-10-17)30-25(31)18-5-2-1-3-6-18/h1-8,11-15,17H,9-10,16H2,(H,29,32). The number of halogens is 2. The fraction of sp³-hybridized carbons (Fsp3) is 0.154. The van der Waals surface area contributed by atoms with Crippen molar-refractivity contribution in [1.82, 2.24) is 14.9 Å². The van der Waals surface area contributed by atoms with Gasteiger partial charge in [0, 0.05) is 33.4 Å². The molecule has 1 aromatic heterocycles. The second kappa shape index (κ2) is 8.81. The van der Waals surface area contributed by atoms with Gasteiger partial charge < -0.3 is 5.32 Å². The van der Waals surface area contributed by atoms with Gasteiger partial charge in [-0.3, -0.25) is 9.36 Å². The highest BCUT2D eigenvalue weighted by Crippen LogP contribution is 2.35. The average molecular weight is 462 g/mol.